The first-order chi connectivity index (χ1) is 12.9. The summed E-state index contributed by atoms with van der Waals surface area (Å²) in [5.74, 6) is 0.843. The SMILES string of the molecule is CS(=O)(=O)c1ccc2c(c1)CCN(C(=O)Cc1cccc(C3CC3)c1)CC2. The van der Waals surface area contributed by atoms with Gasteiger partial charge in [-0.3, -0.25) is 4.79 Å². The maximum absolute atomic E-state index is 12.8. The summed E-state index contributed by atoms with van der Waals surface area (Å²) in [6, 6.07) is 13.8. The molecule has 1 amide bonds. The van der Waals surface area contributed by atoms with Gasteiger partial charge in [0.1, 0.15) is 0 Å². The first kappa shape index (κ1) is 18.2. The highest BCUT2D eigenvalue weighted by Crippen LogP contribution is 2.40. The van der Waals surface area contributed by atoms with Crippen molar-refractivity contribution in [3.05, 3.63) is 64.7 Å². The molecule has 1 aliphatic carbocycles. The van der Waals surface area contributed by atoms with Crippen molar-refractivity contribution in [3.63, 3.8) is 0 Å². The molecule has 2 aromatic rings. The molecule has 0 spiro atoms. The van der Waals surface area contributed by atoms with Crippen LogP contribution in [0.1, 0.15) is 41.0 Å². The number of carbonyl (C=O) groups is 1. The summed E-state index contributed by atoms with van der Waals surface area (Å²) >= 11 is 0. The minimum Gasteiger partial charge on any atom is -0.342 e. The van der Waals surface area contributed by atoms with E-state index in [-0.39, 0.29) is 5.91 Å². The van der Waals surface area contributed by atoms with Gasteiger partial charge in [0.25, 0.3) is 0 Å². The van der Waals surface area contributed by atoms with Gasteiger partial charge in [-0.05, 0) is 66.0 Å². The second kappa shape index (κ2) is 7.12. The quantitative estimate of drug-likeness (QED) is 0.815. The van der Waals surface area contributed by atoms with E-state index in [1.807, 2.05) is 17.0 Å². The number of fused-ring (bicyclic) bond motifs is 1. The third-order valence-corrected chi connectivity index (χ3v) is 6.73. The van der Waals surface area contributed by atoms with Gasteiger partial charge in [0, 0.05) is 19.3 Å². The molecule has 5 heteroatoms. The van der Waals surface area contributed by atoms with Crippen LogP contribution >= 0.6 is 0 Å². The lowest BCUT2D eigenvalue weighted by Gasteiger charge is -2.20. The molecule has 1 aliphatic heterocycles. The number of nitrogens with zero attached hydrogens (tertiary/aromatic N) is 1. The van der Waals surface area contributed by atoms with Gasteiger partial charge < -0.3 is 4.90 Å². The zero-order valence-corrected chi connectivity index (χ0v) is 16.5. The predicted octanol–water partition coefficient (Wildman–Crippen LogP) is 3.14. The lowest BCUT2D eigenvalue weighted by Crippen LogP contribution is -2.34. The highest BCUT2D eigenvalue weighted by atomic mass is 32.2. The zero-order valence-electron chi connectivity index (χ0n) is 15.6. The molecule has 4 rings (SSSR count). The van der Waals surface area contributed by atoms with E-state index < -0.39 is 9.84 Å². The fourth-order valence-corrected chi connectivity index (χ4v) is 4.51. The molecule has 0 bridgehead atoms. The second-order valence-electron chi connectivity index (χ2n) is 7.78. The molecule has 4 nitrogen and oxygen atoms in total. The van der Waals surface area contributed by atoms with Crippen LogP contribution in [0.25, 0.3) is 0 Å². The van der Waals surface area contributed by atoms with Crippen molar-refractivity contribution >= 4 is 15.7 Å². The Hall–Kier alpha value is -2.14. The number of benzene rings is 2. The van der Waals surface area contributed by atoms with Crippen LogP contribution in [0.4, 0.5) is 0 Å². The molecule has 142 valence electrons. The average Bonchev–Trinajstić information content (AvgIpc) is 3.47. The molecule has 1 heterocycles. The van der Waals surface area contributed by atoms with E-state index in [9.17, 15) is 13.2 Å². The van der Waals surface area contributed by atoms with E-state index in [0.717, 1.165) is 23.1 Å². The number of amides is 1. The van der Waals surface area contributed by atoms with E-state index in [2.05, 4.69) is 18.2 Å². The summed E-state index contributed by atoms with van der Waals surface area (Å²) in [4.78, 5) is 15.1. The second-order valence-corrected chi connectivity index (χ2v) is 9.80. The summed E-state index contributed by atoms with van der Waals surface area (Å²) in [6.45, 7) is 1.33. The molecule has 0 unspecified atom stereocenters. The largest absolute Gasteiger partial charge is 0.342 e. The highest BCUT2D eigenvalue weighted by molar-refractivity contribution is 7.90. The highest BCUT2D eigenvalue weighted by Gasteiger charge is 2.24. The zero-order chi connectivity index (χ0) is 19.0. The van der Waals surface area contributed by atoms with Crippen molar-refractivity contribution in [2.75, 3.05) is 19.3 Å². The van der Waals surface area contributed by atoms with E-state index in [1.165, 1.54) is 24.7 Å². The molecular formula is C22H25NO3S. The number of carbonyl (C=O) groups excluding carboxylic acids is 1. The Morgan fingerprint density at radius 3 is 2.48 bits per heavy atom. The standard InChI is InChI=1S/C22H25NO3S/c1-27(25,26)21-8-7-18-9-11-23(12-10-20(18)15-21)22(24)14-16-3-2-4-19(13-16)17-5-6-17/h2-4,7-8,13,15,17H,5-6,9-12,14H2,1H3. The Balaban J connectivity index is 1.45. The summed E-state index contributed by atoms with van der Waals surface area (Å²) < 4.78 is 23.6. The Bertz CT molecular complexity index is 977. The maximum Gasteiger partial charge on any atom is 0.227 e. The van der Waals surface area contributed by atoms with E-state index in [4.69, 9.17) is 0 Å². The minimum absolute atomic E-state index is 0.152. The Morgan fingerprint density at radius 1 is 1.04 bits per heavy atom. The lowest BCUT2D eigenvalue weighted by molar-refractivity contribution is -0.130. The van der Waals surface area contributed by atoms with E-state index in [0.29, 0.717) is 36.7 Å². The van der Waals surface area contributed by atoms with Crippen molar-refractivity contribution in [3.8, 4) is 0 Å². The monoisotopic (exact) mass is 383 g/mol. The van der Waals surface area contributed by atoms with Gasteiger partial charge in [-0.2, -0.15) is 0 Å². The average molecular weight is 384 g/mol. The van der Waals surface area contributed by atoms with Crippen LogP contribution in [0.5, 0.6) is 0 Å². The van der Waals surface area contributed by atoms with Gasteiger partial charge in [-0.25, -0.2) is 8.42 Å². The van der Waals surface area contributed by atoms with Crippen LogP contribution in [0.2, 0.25) is 0 Å². The van der Waals surface area contributed by atoms with Crippen LogP contribution in [-0.2, 0) is 33.9 Å². The first-order valence-corrected chi connectivity index (χ1v) is 11.5. The summed E-state index contributed by atoms with van der Waals surface area (Å²) in [5, 5.41) is 0. The third-order valence-electron chi connectivity index (χ3n) is 5.62. The van der Waals surface area contributed by atoms with Gasteiger partial charge >= 0.3 is 0 Å². The summed E-state index contributed by atoms with van der Waals surface area (Å²) in [5.41, 5.74) is 4.64. The molecule has 0 radical (unpaired) electrons. The fraction of sp³-hybridized carbons (Fsp3) is 0.409. The van der Waals surface area contributed by atoms with Gasteiger partial charge in [0.2, 0.25) is 5.91 Å². The van der Waals surface area contributed by atoms with E-state index in [1.54, 1.807) is 12.1 Å². The van der Waals surface area contributed by atoms with Crippen LogP contribution in [-0.4, -0.2) is 38.6 Å². The molecule has 1 fully saturated rings. The first-order valence-electron chi connectivity index (χ1n) is 9.58. The third kappa shape index (κ3) is 4.24. The van der Waals surface area contributed by atoms with Crippen LogP contribution in [0, 0.1) is 0 Å². The molecule has 0 saturated heterocycles. The normalized spacial score (nSPS) is 17.3. The number of hydrogen-bond donors (Lipinski definition) is 0. The molecule has 1 saturated carbocycles. The number of hydrogen-bond acceptors (Lipinski definition) is 3. The Labute approximate surface area is 161 Å². The van der Waals surface area contributed by atoms with Gasteiger partial charge in [0.15, 0.2) is 9.84 Å². The van der Waals surface area contributed by atoms with Gasteiger partial charge in [0.05, 0.1) is 11.3 Å². The minimum atomic E-state index is -3.21. The molecular weight excluding hydrogens is 358 g/mol. The van der Waals surface area contributed by atoms with Crippen LogP contribution < -0.4 is 0 Å². The molecule has 0 N–H and O–H groups in total. The van der Waals surface area contributed by atoms with E-state index >= 15 is 0 Å². The smallest absolute Gasteiger partial charge is 0.227 e. The summed E-state index contributed by atoms with van der Waals surface area (Å²) in [7, 11) is -3.21. The molecule has 0 atom stereocenters. The molecule has 0 aromatic heterocycles. The van der Waals surface area contributed by atoms with Gasteiger partial charge in [-0.1, -0.05) is 30.3 Å². The predicted molar refractivity (Wildman–Crippen MR) is 106 cm³/mol. The molecule has 2 aromatic carbocycles. The van der Waals surface area contributed by atoms with Crippen molar-refractivity contribution in [2.45, 2.75) is 42.9 Å². The van der Waals surface area contributed by atoms with Crippen LogP contribution in [0.3, 0.4) is 0 Å². The maximum atomic E-state index is 12.8. The Kier molecular flexibility index (Phi) is 4.81. The topological polar surface area (TPSA) is 54.5 Å². The van der Waals surface area contributed by atoms with Crippen molar-refractivity contribution in [1.82, 2.24) is 4.90 Å². The molecule has 2 aliphatic rings. The summed E-state index contributed by atoms with van der Waals surface area (Å²) in [6.07, 6.45) is 5.66. The fourth-order valence-electron chi connectivity index (χ4n) is 3.84. The van der Waals surface area contributed by atoms with Gasteiger partial charge in [-0.15, -0.1) is 0 Å². The molecule has 27 heavy (non-hydrogen) atoms. The number of rotatable bonds is 4. The van der Waals surface area contributed by atoms with Crippen molar-refractivity contribution in [1.29, 1.82) is 0 Å². The Morgan fingerprint density at radius 2 is 1.78 bits per heavy atom. The van der Waals surface area contributed by atoms with Crippen LogP contribution in [0.15, 0.2) is 47.4 Å². The number of sulfone groups is 1. The lowest BCUT2D eigenvalue weighted by atomic mass is 10.0. The van der Waals surface area contributed by atoms with Crippen molar-refractivity contribution in [2.24, 2.45) is 0 Å². The van der Waals surface area contributed by atoms with Crippen molar-refractivity contribution < 1.29 is 13.2 Å².